The van der Waals surface area contributed by atoms with Crippen molar-refractivity contribution >= 4 is 16.6 Å². The normalized spacial score (nSPS) is 34.1. The Morgan fingerprint density at radius 2 is 1.46 bits per heavy atom. The minimum Gasteiger partial charge on any atom is -0.409 e. The van der Waals surface area contributed by atoms with Gasteiger partial charge < -0.3 is 27.8 Å². The molecular formula is C20H34O6Si2. The Hall–Kier alpha value is -0.586. The van der Waals surface area contributed by atoms with Crippen molar-refractivity contribution in [1.29, 1.82) is 0 Å². The predicted octanol–water partition coefficient (Wildman–Crippen LogP) is 3.91. The quantitative estimate of drug-likeness (QED) is 0.643. The van der Waals surface area contributed by atoms with Crippen LogP contribution in [0.4, 0.5) is 0 Å². The number of hydrogen-bond acceptors (Lipinski definition) is 6. The van der Waals surface area contributed by atoms with Crippen molar-refractivity contribution in [3.8, 4) is 0 Å². The second kappa shape index (κ2) is 8.65. The van der Waals surface area contributed by atoms with Crippen LogP contribution in [0.3, 0.4) is 0 Å². The summed E-state index contributed by atoms with van der Waals surface area (Å²) >= 11 is 0. The standard InChI is InChI=1S/C20H34O6Si2/c1-21-20-18(26-28(5,6)7)17(25-27(2,3)4)16-15(23-20)13-22-19(24-16)14-11-9-8-10-12-14/h8-12,15-20H,13H2,1-7H3/t15-,16-,17?,18?,19?,20+/m1/s1. The molecule has 2 aliphatic rings. The minimum absolute atomic E-state index is 0.257. The first kappa shape index (κ1) is 22.1. The zero-order valence-electron chi connectivity index (χ0n) is 18.0. The molecule has 2 saturated heterocycles. The molecule has 0 aromatic heterocycles. The Bertz CT molecular complexity index is 630. The van der Waals surface area contributed by atoms with Crippen LogP contribution in [-0.4, -0.2) is 61.1 Å². The molecule has 6 nitrogen and oxygen atoms in total. The molecule has 0 N–H and O–H groups in total. The number of methoxy groups -OCH3 is 1. The first-order chi connectivity index (χ1) is 13.1. The van der Waals surface area contributed by atoms with E-state index in [1.165, 1.54) is 0 Å². The highest BCUT2D eigenvalue weighted by molar-refractivity contribution is 6.70. The Kier molecular flexibility index (Phi) is 6.83. The van der Waals surface area contributed by atoms with E-state index >= 15 is 0 Å². The molecule has 8 heteroatoms. The lowest BCUT2D eigenvalue weighted by Gasteiger charge is -2.51. The summed E-state index contributed by atoms with van der Waals surface area (Å²) in [5.41, 5.74) is 0.990. The van der Waals surface area contributed by atoms with Gasteiger partial charge in [0.05, 0.1) is 6.61 Å². The molecule has 0 bridgehead atoms. The van der Waals surface area contributed by atoms with Gasteiger partial charge in [0.1, 0.15) is 24.4 Å². The van der Waals surface area contributed by atoms with E-state index in [-0.39, 0.29) is 24.4 Å². The fourth-order valence-electron chi connectivity index (χ4n) is 3.59. The van der Waals surface area contributed by atoms with Gasteiger partial charge in [0, 0.05) is 12.7 Å². The summed E-state index contributed by atoms with van der Waals surface area (Å²) in [4.78, 5) is 0. The zero-order valence-corrected chi connectivity index (χ0v) is 20.0. The average molecular weight is 427 g/mol. The van der Waals surface area contributed by atoms with E-state index < -0.39 is 29.2 Å². The van der Waals surface area contributed by atoms with Crippen molar-refractivity contribution in [1.82, 2.24) is 0 Å². The maximum atomic E-state index is 6.62. The summed E-state index contributed by atoms with van der Waals surface area (Å²) in [5.74, 6) is 0. The molecular weight excluding hydrogens is 392 g/mol. The largest absolute Gasteiger partial charge is 0.409 e. The first-order valence-electron chi connectivity index (χ1n) is 9.93. The molecule has 3 rings (SSSR count). The van der Waals surface area contributed by atoms with E-state index in [1.54, 1.807) is 7.11 Å². The fourth-order valence-corrected chi connectivity index (χ4v) is 5.74. The average Bonchev–Trinajstić information content (AvgIpc) is 2.61. The van der Waals surface area contributed by atoms with Crippen molar-refractivity contribution in [2.45, 2.75) is 76.3 Å². The molecule has 0 amide bonds. The van der Waals surface area contributed by atoms with Crippen LogP contribution in [0.2, 0.25) is 39.3 Å². The van der Waals surface area contributed by atoms with E-state index in [0.717, 1.165) is 5.56 Å². The van der Waals surface area contributed by atoms with Crippen LogP contribution in [0.15, 0.2) is 30.3 Å². The van der Waals surface area contributed by atoms with Gasteiger partial charge in [-0.3, -0.25) is 0 Å². The van der Waals surface area contributed by atoms with Crippen molar-refractivity contribution in [3.63, 3.8) is 0 Å². The van der Waals surface area contributed by atoms with E-state index in [9.17, 15) is 0 Å². The van der Waals surface area contributed by atoms with Crippen molar-refractivity contribution in [2.24, 2.45) is 0 Å². The molecule has 6 atom stereocenters. The van der Waals surface area contributed by atoms with Gasteiger partial charge in [0.2, 0.25) is 0 Å². The van der Waals surface area contributed by atoms with Gasteiger partial charge in [-0.05, 0) is 39.3 Å². The first-order valence-corrected chi connectivity index (χ1v) is 16.7. The molecule has 2 fully saturated rings. The number of rotatable bonds is 6. The lowest BCUT2D eigenvalue weighted by atomic mass is 9.98. The molecule has 28 heavy (non-hydrogen) atoms. The molecule has 158 valence electrons. The van der Waals surface area contributed by atoms with Crippen LogP contribution in [0.25, 0.3) is 0 Å². The number of hydrogen-bond donors (Lipinski definition) is 0. The van der Waals surface area contributed by atoms with Crippen LogP contribution >= 0.6 is 0 Å². The predicted molar refractivity (Wildman–Crippen MR) is 112 cm³/mol. The Morgan fingerprint density at radius 3 is 2.04 bits per heavy atom. The molecule has 2 aliphatic heterocycles. The molecule has 0 saturated carbocycles. The highest BCUT2D eigenvalue weighted by Gasteiger charge is 2.53. The number of fused-ring (bicyclic) bond motifs is 1. The zero-order chi connectivity index (χ0) is 20.5. The van der Waals surface area contributed by atoms with Gasteiger partial charge in [-0.1, -0.05) is 30.3 Å². The van der Waals surface area contributed by atoms with Gasteiger partial charge >= 0.3 is 0 Å². The Morgan fingerprint density at radius 1 is 0.857 bits per heavy atom. The van der Waals surface area contributed by atoms with Crippen molar-refractivity contribution in [3.05, 3.63) is 35.9 Å². The van der Waals surface area contributed by atoms with E-state index in [1.807, 2.05) is 30.3 Å². The molecule has 1 aromatic rings. The molecule has 0 aliphatic carbocycles. The summed E-state index contributed by atoms with van der Waals surface area (Å²) in [6.45, 7) is 13.4. The van der Waals surface area contributed by atoms with Crippen LogP contribution in [0.5, 0.6) is 0 Å². The Balaban J connectivity index is 1.89. The van der Waals surface area contributed by atoms with Gasteiger partial charge in [0.15, 0.2) is 29.2 Å². The second-order valence-corrected chi connectivity index (χ2v) is 18.3. The molecule has 2 heterocycles. The SMILES string of the molecule is CO[C@H]1O[C@@H]2COC(c3ccccc3)O[C@H]2C(O[Si](C)(C)C)C1O[Si](C)(C)C. The third-order valence-corrected chi connectivity index (χ3v) is 6.53. The van der Waals surface area contributed by atoms with E-state index in [2.05, 4.69) is 39.3 Å². The maximum absolute atomic E-state index is 6.62. The molecule has 0 spiro atoms. The highest BCUT2D eigenvalue weighted by atomic mass is 28.4. The monoisotopic (exact) mass is 426 g/mol. The second-order valence-electron chi connectivity index (χ2n) is 9.34. The summed E-state index contributed by atoms with van der Waals surface area (Å²) < 4.78 is 37.3. The van der Waals surface area contributed by atoms with Crippen LogP contribution in [0.1, 0.15) is 11.9 Å². The summed E-state index contributed by atoms with van der Waals surface area (Å²) in [6, 6.07) is 9.98. The van der Waals surface area contributed by atoms with Crippen molar-refractivity contribution in [2.75, 3.05) is 13.7 Å². The summed E-state index contributed by atoms with van der Waals surface area (Å²) in [5, 5.41) is 0. The molecule has 0 radical (unpaired) electrons. The lowest BCUT2D eigenvalue weighted by Crippen LogP contribution is -2.66. The minimum atomic E-state index is -1.88. The van der Waals surface area contributed by atoms with Crippen molar-refractivity contribution < 1.29 is 27.8 Å². The molecule has 1 aromatic carbocycles. The van der Waals surface area contributed by atoms with Gasteiger partial charge in [-0.15, -0.1) is 0 Å². The third kappa shape index (κ3) is 5.51. The fraction of sp³-hybridized carbons (Fsp3) is 0.700. The number of ether oxygens (including phenoxy) is 4. The van der Waals surface area contributed by atoms with Gasteiger partial charge in [0.25, 0.3) is 0 Å². The third-order valence-electron chi connectivity index (χ3n) is 4.57. The smallest absolute Gasteiger partial charge is 0.185 e. The Labute approximate surface area is 170 Å². The van der Waals surface area contributed by atoms with Crippen LogP contribution in [0, 0.1) is 0 Å². The lowest BCUT2D eigenvalue weighted by molar-refractivity contribution is -0.353. The topological polar surface area (TPSA) is 55.4 Å². The number of benzene rings is 1. The van der Waals surface area contributed by atoms with E-state index in [4.69, 9.17) is 27.8 Å². The highest BCUT2D eigenvalue weighted by Crippen LogP contribution is 2.38. The molecule has 3 unspecified atom stereocenters. The maximum Gasteiger partial charge on any atom is 0.185 e. The van der Waals surface area contributed by atoms with Crippen LogP contribution in [-0.2, 0) is 27.8 Å². The van der Waals surface area contributed by atoms with E-state index in [0.29, 0.717) is 6.61 Å². The van der Waals surface area contributed by atoms with Crippen LogP contribution < -0.4 is 0 Å². The van der Waals surface area contributed by atoms with Gasteiger partial charge in [-0.2, -0.15) is 0 Å². The van der Waals surface area contributed by atoms with Gasteiger partial charge in [-0.25, -0.2) is 0 Å². The summed E-state index contributed by atoms with van der Waals surface area (Å²) in [7, 11) is -2.10. The summed E-state index contributed by atoms with van der Waals surface area (Å²) in [6.07, 6.45) is -2.08.